The number of amides is 1. The van der Waals surface area contributed by atoms with Gasteiger partial charge >= 0.3 is 0 Å². The Bertz CT molecular complexity index is 1130. The predicted octanol–water partition coefficient (Wildman–Crippen LogP) is 1.59. The van der Waals surface area contributed by atoms with Crippen molar-refractivity contribution in [1.29, 1.82) is 0 Å². The van der Waals surface area contributed by atoms with Crippen molar-refractivity contribution in [2.24, 2.45) is 11.1 Å². The Kier molecular flexibility index (Phi) is 7.24. The van der Waals surface area contributed by atoms with Crippen LogP contribution in [0, 0.1) is 12.8 Å². The molecule has 0 fully saturated rings. The van der Waals surface area contributed by atoms with E-state index in [-0.39, 0.29) is 21.4 Å². The summed E-state index contributed by atoms with van der Waals surface area (Å²) in [5.41, 5.74) is 0.611. The molecule has 1 amide bonds. The zero-order chi connectivity index (χ0) is 22.7. The second-order valence-electron chi connectivity index (χ2n) is 7.03. The Morgan fingerprint density at radius 1 is 1.03 bits per heavy atom. The zero-order valence-corrected chi connectivity index (χ0v) is 18.7. The van der Waals surface area contributed by atoms with Crippen molar-refractivity contribution in [2.75, 3.05) is 12.4 Å². The van der Waals surface area contributed by atoms with Gasteiger partial charge < -0.3 is 10.1 Å². The molecule has 0 unspecified atom stereocenters. The molecular weight excluding hydrogens is 430 g/mol. The molecule has 0 aliphatic heterocycles. The van der Waals surface area contributed by atoms with Crippen molar-refractivity contribution < 1.29 is 26.4 Å². The van der Waals surface area contributed by atoms with Crippen molar-refractivity contribution in [3.63, 3.8) is 0 Å². The van der Waals surface area contributed by atoms with Gasteiger partial charge in [0.05, 0.1) is 16.9 Å². The summed E-state index contributed by atoms with van der Waals surface area (Å²) in [6, 6.07) is 8.89. The van der Waals surface area contributed by atoms with Gasteiger partial charge in [0.1, 0.15) is 11.8 Å². The van der Waals surface area contributed by atoms with Crippen LogP contribution in [0.15, 0.2) is 52.3 Å². The number of benzene rings is 2. The number of primary sulfonamides is 1. The van der Waals surface area contributed by atoms with Gasteiger partial charge in [-0.1, -0.05) is 19.9 Å². The summed E-state index contributed by atoms with van der Waals surface area (Å²) >= 11 is 0. The molecule has 0 saturated carbocycles. The first-order valence-electron chi connectivity index (χ1n) is 8.96. The third-order valence-corrected chi connectivity index (χ3v) is 6.87. The molecule has 9 nitrogen and oxygen atoms in total. The number of nitrogens with two attached hydrogens (primary N) is 1. The van der Waals surface area contributed by atoms with Crippen LogP contribution < -0.4 is 19.9 Å². The van der Waals surface area contributed by atoms with Crippen LogP contribution in [-0.4, -0.2) is 35.9 Å². The van der Waals surface area contributed by atoms with Gasteiger partial charge in [0.15, 0.2) is 0 Å². The fourth-order valence-electron chi connectivity index (χ4n) is 2.69. The second kappa shape index (κ2) is 9.13. The van der Waals surface area contributed by atoms with Gasteiger partial charge in [-0.15, -0.1) is 0 Å². The minimum absolute atomic E-state index is 0.0198. The lowest BCUT2D eigenvalue weighted by molar-refractivity contribution is -0.118. The fraction of sp³-hybridized carbons (Fsp3) is 0.316. The third kappa shape index (κ3) is 5.79. The molecule has 164 valence electrons. The lowest BCUT2D eigenvalue weighted by Gasteiger charge is -2.22. The van der Waals surface area contributed by atoms with Crippen LogP contribution in [0.4, 0.5) is 5.69 Å². The monoisotopic (exact) mass is 455 g/mol. The number of carbonyl (C=O) groups excluding carboxylic acids is 1. The molecule has 0 bridgehead atoms. The smallest absolute Gasteiger partial charge is 0.242 e. The maximum Gasteiger partial charge on any atom is 0.242 e. The molecule has 2 rings (SSSR count). The number of anilines is 1. The van der Waals surface area contributed by atoms with E-state index in [0.717, 1.165) is 0 Å². The van der Waals surface area contributed by atoms with Gasteiger partial charge in [-0.2, -0.15) is 4.72 Å². The number of rotatable bonds is 8. The van der Waals surface area contributed by atoms with E-state index < -0.39 is 32.0 Å². The number of sulfonamides is 2. The van der Waals surface area contributed by atoms with E-state index >= 15 is 0 Å². The molecule has 2 aromatic rings. The maximum absolute atomic E-state index is 12.8. The van der Waals surface area contributed by atoms with Crippen molar-refractivity contribution in [3.05, 3.63) is 48.0 Å². The molecular formula is C19H25N3O6S2. The standard InChI is InChI=1S/C19H25N3O6S2/c1-12(2)18(22-30(26,27)16-9-7-15(28-4)8-10-16)19(23)21-14-6-5-13(3)17(11-14)29(20,24)25/h5-12,18,22H,1-4H3,(H,21,23)(H2,20,24,25)/t18-/m0/s1. The SMILES string of the molecule is COc1ccc(S(=O)(=O)N[C@H](C(=O)Nc2ccc(C)c(S(N)(=O)=O)c2)C(C)C)cc1. The molecule has 0 heterocycles. The quantitative estimate of drug-likeness (QED) is 0.551. The highest BCUT2D eigenvalue weighted by atomic mass is 32.2. The van der Waals surface area contributed by atoms with Crippen LogP contribution in [0.2, 0.25) is 0 Å². The highest BCUT2D eigenvalue weighted by Gasteiger charge is 2.29. The Hall–Kier alpha value is -2.47. The second-order valence-corrected chi connectivity index (χ2v) is 10.3. The average molecular weight is 456 g/mol. The van der Waals surface area contributed by atoms with Gasteiger partial charge in [0.2, 0.25) is 26.0 Å². The molecule has 0 aromatic heterocycles. The number of hydrogen-bond acceptors (Lipinski definition) is 6. The van der Waals surface area contributed by atoms with Gasteiger partial charge in [0.25, 0.3) is 0 Å². The van der Waals surface area contributed by atoms with Crippen LogP contribution in [-0.2, 0) is 24.8 Å². The van der Waals surface area contributed by atoms with Crippen LogP contribution in [0.3, 0.4) is 0 Å². The Morgan fingerprint density at radius 3 is 2.13 bits per heavy atom. The highest BCUT2D eigenvalue weighted by molar-refractivity contribution is 7.89. The largest absolute Gasteiger partial charge is 0.497 e. The van der Waals surface area contributed by atoms with Crippen molar-refractivity contribution in [3.8, 4) is 5.75 Å². The lowest BCUT2D eigenvalue weighted by Crippen LogP contribution is -2.47. The number of carbonyl (C=O) groups is 1. The van der Waals surface area contributed by atoms with Gasteiger partial charge in [-0.25, -0.2) is 22.0 Å². The van der Waals surface area contributed by atoms with Crippen molar-refractivity contribution >= 4 is 31.6 Å². The predicted molar refractivity (Wildman–Crippen MR) is 113 cm³/mol. The van der Waals surface area contributed by atoms with Crippen LogP contribution >= 0.6 is 0 Å². The fourth-order valence-corrected chi connectivity index (χ4v) is 4.84. The van der Waals surface area contributed by atoms with E-state index in [1.54, 1.807) is 20.8 Å². The average Bonchev–Trinajstić information content (AvgIpc) is 2.66. The molecule has 0 spiro atoms. The maximum atomic E-state index is 12.8. The van der Waals surface area contributed by atoms with Crippen LogP contribution in [0.25, 0.3) is 0 Å². The molecule has 0 aliphatic carbocycles. The molecule has 0 saturated heterocycles. The van der Waals surface area contributed by atoms with Gasteiger partial charge in [-0.05, 0) is 54.8 Å². The zero-order valence-electron chi connectivity index (χ0n) is 17.0. The van der Waals surface area contributed by atoms with Crippen LogP contribution in [0.5, 0.6) is 5.75 Å². The first-order chi connectivity index (χ1) is 13.8. The van der Waals surface area contributed by atoms with E-state index in [2.05, 4.69) is 10.0 Å². The van der Waals surface area contributed by atoms with Gasteiger partial charge in [-0.3, -0.25) is 4.79 Å². The van der Waals surface area contributed by atoms with E-state index in [0.29, 0.717) is 11.3 Å². The number of methoxy groups -OCH3 is 1. The Labute approximate surface area is 176 Å². The number of nitrogens with one attached hydrogen (secondary N) is 2. The number of ether oxygens (including phenoxy) is 1. The van der Waals surface area contributed by atoms with E-state index in [9.17, 15) is 21.6 Å². The first-order valence-corrected chi connectivity index (χ1v) is 12.0. The third-order valence-electron chi connectivity index (χ3n) is 4.36. The number of aryl methyl sites for hydroxylation is 1. The molecule has 1 atom stereocenters. The van der Waals surface area contributed by atoms with E-state index in [1.807, 2.05) is 0 Å². The summed E-state index contributed by atoms with van der Waals surface area (Å²) in [5, 5.41) is 7.74. The summed E-state index contributed by atoms with van der Waals surface area (Å²) < 4.78 is 56.2. The lowest BCUT2D eigenvalue weighted by atomic mass is 10.0. The molecule has 11 heteroatoms. The summed E-state index contributed by atoms with van der Waals surface area (Å²) in [7, 11) is -6.49. The minimum Gasteiger partial charge on any atom is -0.497 e. The summed E-state index contributed by atoms with van der Waals surface area (Å²) in [5.74, 6) is -0.523. The highest BCUT2D eigenvalue weighted by Crippen LogP contribution is 2.21. The van der Waals surface area contributed by atoms with Crippen molar-refractivity contribution in [1.82, 2.24) is 4.72 Å². The molecule has 0 aliphatic rings. The Morgan fingerprint density at radius 2 is 1.63 bits per heavy atom. The molecule has 4 N–H and O–H groups in total. The van der Waals surface area contributed by atoms with Crippen molar-refractivity contribution in [2.45, 2.75) is 36.6 Å². The Balaban J connectivity index is 2.27. The minimum atomic E-state index is -3.99. The van der Waals surface area contributed by atoms with Crippen LogP contribution in [0.1, 0.15) is 19.4 Å². The van der Waals surface area contributed by atoms with E-state index in [1.165, 1.54) is 49.6 Å². The first kappa shape index (κ1) is 23.8. The molecule has 0 radical (unpaired) electrons. The topological polar surface area (TPSA) is 145 Å². The summed E-state index contributed by atoms with van der Waals surface area (Å²) in [4.78, 5) is 12.6. The summed E-state index contributed by atoms with van der Waals surface area (Å²) in [6.45, 7) is 4.95. The molecule has 30 heavy (non-hydrogen) atoms. The van der Waals surface area contributed by atoms with Gasteiger partial charge in [0, 0.05) is 5.69 Å². The molecule has 2 aromatic carbocycles. The summed E-state index contributed by atoms with van der Waals surface area (Å²) in [6.07, 6.45) is 0. The normalized spacial score (nSPS) is 13.1. The number of hydrogen-bond donors (Lipinski definition) is 3. The van der Waals surface area contributed by atoms with E-state index in [4.69, 9.17) is 9.88 Å².